The quantitative estimate of drug-likeness (QED) is 0.202. The molecule has 0 saturated heterocycles. The molecule has 0 saturated carbocycles. The number of esters is 1. The largest absolute Gasteiger partial charge is 0.451 e. The SMILES string of the molecule is CCCCc1ccc(-c2cc(C(=O)O[C@H](C)C(=O)c3ccc(C)cc3)c3cc(C)ccc3n2)cc1. The van der Waals surface area contributed by atoms with Crippen LogP contribution in [0.4, 0.5) is 0 Å². The number of hydrogen-bond donors (Lipinski definition) is 0. The van der Waals surface area contributed by atoms with Crippen molar-refractivity contribution in [1.82, 2.24) is 4.98 Å². The summed E-state index contributed by atoms with van der Waals surface area (Å²) in [5, 5.41) is 0.716. The van der Waals surface area contributed by atoms with Gasteiger partial charge in [0.05, 0.1) is 16.8 Å². The average molecular weight is 466 g/mol. The van der Waals surface area contributed by atoms with Crippen molar-refractivity contribution in [2.24, 2.45) is 0 Å². The van der Waals surface area contributed by atoms with Crippen molar-refractivity contribution in [3.05, 3.63) is 101 Å². The van der Waals surface area contributed by atoms with E-state index in [1.165, 1.54) is 5.56 Å². The zero-order chi connectivity index (χ0) is 24.9. The molecule has 0 unspecified atom stereocenters. The number of aryl methyl sites for hydroxylation is 3. The van der Waals surface area contributed by atoms with E-state index in [-0.39, 0.29) is 5.78 Å². The lowest BCUT2D eigenvalue weighted by Gasteiger charge is -2.15. The molecule has 4 heteroatoms. The van der Waals surface area contributed by atoms with E-state index in [0.717, 1.165) is 36.0 Å². The molecule has 1 atom stereocenters. The first-order valence-electron chi connectivity index (χ1n) is 12.2. The molecule has 1 aromatic heterocycles. The van der Waals surface area contributed by atoms with E-state index in [0.29, 0.717) is 27.7 Å². The third-order valence-electron chi connectivity index (χ3n) is 6.24. The number of aromatic nitrogens is 1. The third-order valence-corrected chi connectivity index (χ3v) is 6.24. The van der Waals surface area contributed by atoms with Crippen LogP contribution in [-0.2, 0) is 11.2 Å². The lowest BCUT2D eigenvalue weighted by Crippen LogP contribution is -2.24. The van der Waals surface area contributed by atoms with Crippen molar-refractivity contribution in [3.63, 3.8) is 0 Å². The third kappa shape index (κ3) is 5.65. The normalized spacial score (nSPS) is 11.9. The van der Waals surface area contributed by atoms with Crippen LogP contribution in [0, 0.1) is 13.8 Å². The lowest BCUT2D eigenvalue weighted by molar-refractivity contribution is 0.0320. The first kappa shape index (κ1) is 24.3. The highest BCUT2D eigenvalue weighted by atomic mass is 16.5. The van der Waals surface area contributed by atoms with Gasteiger partial charge < -0.3 is 4.74 Å². The monoisotopic (exact) mass is 465 g/mol. The zero-order valence-electron chi connectivity index (χ0n) is 20.8. The van der Waals surface area contributed by atoms with Crippen LogP contribution in [0.25, 0.3) is 22.2 Å². The maximum absolute atomic E-state index is 13.3. The Morgan fingerprint density at radius 1 is 0.886 bits per heavy atom. The van der Waals surface area contributed by atoms with Crippen LogP contribution in [-0.4, -0.2) is 22.8 Å². The average Bonchev–Trinajstić information content (AvgIpc) is 2.87. The molecule has 178 valence electrons. The van der Waals surface area contributed by atoms with E-state index in [1.807, 2.05) is 56.3 Å². The smallest absolute Gasteiger partial charge is 0.339 e. The summed E-state index contributed by atoms with van der Waals surface area (Å²) in [7, 11) is 0. The molecular formula is C31H31NO3. The fourth-order valence-electron chi connectivity index (χ4n) is 4.11. The summed E-state index contributed by atoms with van der Waals surface area (Å²) in [6, 6.07) is 23.2. The van der Waals surface area contributed by atoms with Crippen LogP contribution in [0.1, 0.15) is 64.1 Å². The number of benzene rings is 3. The van der Waals surface area contributed by atoms with Gasteiger partial charge in [0.25, 0.3) is 0 Å². The highest BCUT2D eigenvalue weighted by molar-refractivity contribution is 6.07. The Hall–Kier alpha value is -3.79. The Kier molecular flexibility index (Phi) is 7.40. The second-order valence-electron chi connectivity index (χ2n) is 9.15. The Balaban J connectivity index is 1.66. The summed E-state index contributed by atoms with van der Waals surface area (Å²) in [5.74, 6) is -0.757. The summed E-state index contributed by atoms with van der Waals surface area (Å²) in [5.41, 5.74) is 6.66. The summed E-state index contributed by atoms with van der Waals surface area (Å²) in [6.07, 6.45) is 2.46. The first-order chi connectivity index (χ1) is 16.9. The molecule has 0 radical (unpaired) electrons. The fraction of sp³-hybridized carbons (Fsp3) is 0.258. The van der Waals surface area contributed by atoms with Crippen LogP contribution in [0.2, 0.25) is 0 Å². The standard InChI is InChI=1S/C31H31NO3/c1-5-6-7-23-11-15-24(16-12-23)29-19-27(26-18-21(3)10-17-28(26)32-29)31(34)35-22(4)30(33)25-13-8-20(2)9-14-25/h8-19,22H,5-7H2,1-4H3/t22-/m1/s1. The minimum Gasteiger partial charge on any atom is -0.451 e. The number of ether oxygens (including phenoxy) is 1. The molecule has 0 aliphatic heterocycles. The Morgan fingerprint density at radius 3 is 2.26 bits per heavy atom. The van der Waals surface area contributed by atoms with Crippen LogP contribution in [0.5, 0.6) is 0 Å². The van der Waals surface area contributed by atoms with Gasteiger partial charge in [0.15, 0.2) is 6.10 Å². The predicted octanol–water partition coefficient (Wildman–Crippen LogP) is 7.29. The Bertz CT molecular complexity index is 1350. The molecule has 4 nitrogen and oxygen atoms in total. The molecule has 0 N–H and O–H groups in total. The number of carbonyl (C=O) groups excluding carboxylic acids is 2. The van der Waals surface area contributed by atoms with Crippen LogP contribution in [0.15, 0.2) is 72.8 Å². The molecule has 3 aromatic carbocycles. The molecule has 0 aliphatic carbocycles. The molecule has 0 spiro atoms. The Labute approximate surface area is 207 Å². The number of rotatable bonds is 8. The van der Waals surface area contributed by atoms with Gasteiger partial charge in [0, 0.05) is 16.5 Å². The van der Waals surface area contributed by atoms with Gasteiger partial charge in [0.2, 0.25) is 5.78 Å². The van der Waals surface area contributed by atoms with E-state index in [4.69, 9.17) is 9.72 Å². The highest BCUT2D eigenvalue weighted by Gasteiger charge is 2.23. The topological polar surface area (TPSA) is 56.3 Å². The van der Waals surface area contributed by atoms with Gasteiger partial charge >= 0.3 is 5.97 Å². The number of carbonyl (C=O) groups is 2. The summed E-state index contributed by atoms with van der Waals surface area (Å²) in [6.45, 7) is 7.74. The second kappa shape index (κ2) is 10.6. The summed E-state index contributed by atoms with van der Waals surface area (Å²) in [4.78, 5) is 31.0. The van der Waals surface area contributed by atoms with Crippen molar-refractivity contribution in [2.75, 3.05) is 0 Å². The van der Waals surface area contributed by atoms with Crippen LogP contribution in [0.3, 0.4) is 0 Å². The number of ketones is 1. The maximum Gasteiger partial charge on any atom is 0.339 e. The van der Waals surface area contributed by atoms with Crippen molar-refractivity contribution in [2.45, 2.75) is 53.1 Å². The number of fused-ring (bicyclic) bond motifs is 1. The summed E-state index contributed by atoms with van der Waals surface area (Å²) >= 11 is 0. The summed E-state index contributed by atoms with van der Waals surface area (Å²) < 4.78 is 5.67. The van der Waals surface area contributed by atoms with Gasteiger partial charge in [-0.25, -0.2) is 9.78 Å². The van der Waals surface area contributed by atoms with Gasteiger partial charge in [-0.15, -0.1) is 0 Å². The minimum atomic E-state index is -0.903. The number of unbranched alkanes of at least 4 members (excludes halogenated alkanes) is 1. The molecule has 0 aliphatic rings. The van der Waals surface area contributed by atoms with Crippen LogP contribution < -0.4 is 0 Å². The van der Waals surface area contributed by atoms with Crippen molar-refractivity contribution in [3.8, 4) is 11.3 Å². The van der Waals surface area contributed by atoms with Gasteiger partial charge in [-0.2, -0.15) is 0 Å². The van der Waals surface area contributed by atoms with E-state index in [1.54, 1.807) is 25.1 Å². The number of Topliss-reactive ketones (excluding diaryl/α,β-unsaturated/α-hetero) is 1. The van der Waals surface area contributed by atoms with E-state index in [9.17, 15) is 9.59 Å². The van der Waals surface area contributed by atoms with Gasteiger partial charge in [-0.1, -0.05) is 79.1 Å². The zero-order valence-corrected chi connectivity index (χ0v) is 20.8. The molecule has 0 fully saturated rings. The van der Waals surface area contributed by atoms with Crippen molar-refractivity contribution >= 4 is 22.7 Å². The fourth-order valence-corrected chi connectivity index (χ4v) is 4.11. The van der Waals surface area contributed by atoms with Crippen molar-refractivity contribution < 1.29 is 14.3 Å². The first-order valence-corrected chi connectivity index (χ1v) is 12.2. The molecule has 0 amide bonds. The van der Waals surface area contributed by atoms with Gasteiger partial charge in [-0.3, -0.25) is 4.79 Å². The predicted molar refractivity (Wildman–Crippen MR) is 141 cm³/mol. The van der Waals surface area contributed by atoms with Crippen molar-refractivity contribution in [1.29, 1.82) is 0 Å². The lowest BCUT2D eigenvalue weighted by atomic mass is 10.0. The number of hydrogen-bond acceptors (Lipinski definition) is 4. The van der Waals surface area contributed by atoms with Gasteiger partial charge in [-0.05, 0) is 57.4 Å². The number of pyridine rings is 1. The highest BCUT2D eigenvalue weighted by Crippen LogP contribution is 2.27. The molecular weight excluding hydrogens is 434 g/mol. The maximum atomic E-state index is 13.3. The van der Waals surface area contributed by atoms with E-state index in [2.05, 4.69) is 19.1 Å². The minimum absolute atomic E-state index is 0.226. The van der Waals surface area contributed by atoms with Crippen LogP contribution >= 0.6 is 0 Å². The Morgan fingerprint density at radius 2 is 1.57 bits per heavy atom. The van der Waals surface area contributed by atoms with E-state index >= 15 is 0 Å². The van der Waals surface area contributed by atoms with Gasteiger partial charge in [0.1, 0.15) is 0 Å². The molecule has 4 rings (SSSR count). The second-order valence-corrected chi connectivity index (χ2v) is 9.15. The van der Waals surface area contributed by atoms with E-state index < -0.39 is 12.1 Å². The molecule has 4 aromatic rings. The molecule has 1 heterocycles. The molecule has 0 bridgehead atoms. The molecule has 35 heavy (non-hydrogen) atoms. The number of nitrogens with zero attached hydrogens (tertiary/aromatic N) is 1.